The van der Waals surface area contributed by atoms with Crippen LogP contribution >= 0.6 is 0 Å². The molecule has 1 atom stereocenters. The van der Waals surface area contributed by atoms with Crippen molar-refractivity contribution >= 4 is 5.91 Å². The first-order chi connectivity index (χ1) is 6.16. The third-order valence-electron chi connectivity index (χ3n) is 2.18. The average Bonchev–Trinajstić information content (AvgIpc) is 2.16. The molecule has 13 heavy (non-hydrogen) atoms. The van der Waals surface area contributed by atoms with Gasteiger partial charge in [-0.25, -0.2) is 0 Å². The summed E-state index contributed by atoms with van der Waals surface area (Å²) in [6, 6.07) is 3.45. The van der Waals surface area contributed by atoms with Gasteiger partial charge in [-0.1, -0.05) is 13.8 Å². The molecule has 0 aliphatic rings. The molecule has 0 radical (unpaired) electrons. The highest BCUT2D eigenvalue weighted by molar-refractivity contribution is 5.93. The lowest BCUT2D eigenvalue weighted by molar-refractivity contribution is 0.0998. The van der Waals surface area contributed by atoms with Crippen molar-refractivity contribution in [3.8, 4) is 0 Å². The van der Waals surface area contributed by atoms with Crippen LogP contribution in [-0.2, 0) is 0 Å². The Hall–Kier alpha value is -1.38. The summed E-state index contributed by atoms with van der Waals surface area (Å²) in [6.07, 6.45) is 2.64. The van der Waals surface area contributed by atoms with E-state index >= 15 is 0 Å². The molecular weight excluding hydrogens is 164 g/mol. The van der Waals surface area contributed by atoms with E-state index in [1.54, 1.807) is 18.3 Å². The number of hydrogen-bond donors (Lipinski definition) is 1. The minimum absolute atomic E-state index is 0.281. The third kappa shape index (κ3) is 2.05. The second kappa shape index (κ2) is 4.03. The van der Waals surface area contributed by atoms with E-state index in [2.05, 4.69) is 11.9 Å². The van der Waals surface area contributed by atoms with Crippen molar-refractivity contribution in [2.24, 2.45) is 5.73 Å². The topological polar surface area (TPSA) is 56.0 Å². The highest BCUT2D eigenvalue weighted by atomic mass is 16.1. The molecule has 0 saturated carbocycles. The summed E-state index contributed by atoms with van der Waals surface area (Å²) in [6.45, 7) is 4.10. The quantitative estimate of drug-likeness (QED) is 0.765. The van der Waals surface area contributed by atoms with Gasteiger partial charge in [0.05, 0.1) is 11.3 Å². The van der Waals surface area contributed by atoms with E-state index in [0.717, 1.165) is 12.1 Å². The van der Waals surface area contributed by atoms with Crippen LogP contribution in [0.2, 0.25) is 0 Å². The lowest BCUT2D eigenvalue weighted by Gasteiger charge is -2.10. The van der Waals surface area contributed by atoms with Crippen LogP contribution in [0.25, 0.3) is 0 Å². The molecule has 1 heterocycles. The SMILES string of the molecule is CCC(C)c1ncccc1C(N)=O. The van der Waals surface area contributed by atoms with Crippen LogP contribution in [0.1, 0.15) is 42.2 Å². The van der Waals surface area contributed by atoms with Crippen molar-refractivity contribution in [2.45, 2.75) is 26.2 Å². The van der Waals surface area contributed by atoms with E-state index in [1.165, 1.54) is 0 Å². The molecule has 0 saturated heterocycles. The smallest absolute Gasteiger partial charge is 0.250 e. The van der Waals surface area contributed by atoms with E-state index in [1.807, 2.05) is 6.92 Å². The van der Waals surface area contributed by atoms with Crippen molar-refractivity contribution in [3.05, 3.63) is 29.6 Å². The predicted octanol–water partition coefficient (Wildman–Crippen LogP) is 1.69. The van der Waals surface area contributed by atoms with Crippen molar-refractivity contribution in [1.29, 1.82) is 0 Å². The highest BCUT2D eigenvalue weighted by Gasteiger charge is 2.13. The summed E-state index contributed by atoms with van der Waals surface area (Å²) < 4.78 is 0. The maximum absolute atomic E-state index is 11.0. The number of nitrogens with zero attached hydrogens (tertiary/aromatic N) is 1. The Morgan fingerprint density at radius 3 is 2.92 bits per heavy atom. The molecule has 1 aromatic heterocycles. The molecule has 3 heteroatoms. The van der Waals surface area contributed by atoms with Gasteiger partial charge >= 0.3 is 0 Å². The molecule has 0 aromatic carbocycles. The zero-order valence-corrected chi connectivity index (χ0v) is 7.95. The molecule has 0 aliphatic carbocycles. The van der Waals surface area contributed by atoms with Gasteiger partial charge in [-0.15, -0.1) is 0 Å². The zero-order valence-electron chi connectivity index (χ0n) is 7.95. The van der Waals surface area contributed by atoms with Crippen molar-refractivity contribution in [3.63, 3.8) is 0 Å². The lowest BCUT2D eigenvalue weighted by atomic mass is 9.99. The molecule has 1 rings (SSSR count). The Bertz CT molecular complexity index is 310. The first-order valence-electron chi connectivity index (χ1n) is 4.41. The van der Waals surface area contributed by atoms with Crippen LogP contribution in [0.3, 0.4) is 0 Å². The van der Waals surface area contributed by atoms with E-state index in [-0.39, 0.29) is 5.92 Å². The van der Waals surface area contributed by atoms with Gasteiger partial charge in [0, 0.05) is 6.20 Å². The van der Waals surface area contributed by atoms with Gasteiger partial charge in [0.1, 0.15) is 0 Å². The molecule has 3 nitrogen and oxygen atoms in total. The van der Waals surface area contributed by atoms with Crippen LogP contribution < -0.4 is 5.73 Å². The van der Waals surface area contributed by atoms with Gasteiger partial charge in [-0.3, -0.25) is 9.78 Å². The van der Waals surface area contributed by atoms with Gasteiger partial charge in [0.25, 0.3) is 5.91 Å². The van der Waals surface area contributed by atoms with E-state index < -0.39 is 5.91 Å². The van der Waals surface area contributed by atoms with Crippen LogP contribution in [0.15, 0.2) is 18.3 Å². The number of aromatic nitrogens is 1. The second-order valence-corrected chi connectivity index (χ2v) is 3.11. The van der Waals surface area contributed by atoms with Gasteiger partial charge < -0.3 is 5.73 Å². The van der Waals surface area contributed by atoms with Crippen LogP contribution in [0.4, 0.5) is 0 Å². The molecule has 0 spiro atoms. The van der Waals surface area contributed by atoms with E-state index in [4.69, 9.17) is 5.73 Å². The molecule has 70 valence electrons. The Morgan fingerprint density at radius 2 is 2.38 bits per heavy atom. The largest absolute Gasteiger partial charge is 0.366 e. The number of pyridine rings is 1. The first-order valence-corrected chi connectivity index (χ1v) is 4.41. The van der Waals surface area contributed by atoms with Crippen LogP contribution in [0, 0.1) is 0 Å². The molecule has 1 unspecified atom stereocenters. The fourth-order valence-corrected chi connectivity index (χ4v) is 1.21. The maximum atomic E-state index is 11.0. The number of hydrogen-bond acceptors (Lipinski definition) is 2. The summed E-state index contributed by atoms with van der Waals surface area (Å²) in [5.74, 6) is -0.118. The summed E-state index contributed by atoms with van der Waals surface area (Å²) in [7, 11) is 0. The number of carbonyl (C=O) groups is 1. The average molecular weight is 178 g/mol. The third-order valence-corrected chi connectivity index (χ3v) is 2.18. The highest BCUT2D eigenvalue weighted by Crippen LogP contribution is 2.19. The fraction of sp³-hybridized carbons (Fsp3) is 0.400. The minimum atomic E-state index is -0.400. The molecule has 0 fully saturated rings. The van der Waals surface area contributed by atoms with Crippen molar-refractivity contribution in [1.82, 2.24) is 4.98 Å². The van der Waals surface area contributed by atoms with Gasteiger partial charge in [0.15, 0.2) is 0 Å². The summed E-state index contributed by atoms with van der Waals surface area (Å²) in [5.41, 5.74) is 6.57. The van der Waals surface area contributed by atoms with Crippen molar-refractivity contribution < 1.29 is 4.79 Å². The Balaban J connectivity index is 3.11. The van der Waals surface area contributed by atoms with E-state index in [0.29, 0.717) is 5.56 Å². The Morgan fingerprint density at radius 1 is 1.69 bits per heavy atom. The molecular formula is C10H14N2O. The molecule has 1 amide bonds. The van der Waals surface area contributed by atoms with Gasteiger partial charge in [-0.2, -0.15) is 0 Å². The lowest BCUT2D eigenvalue weighted by Crippen LogP contribution is -2.15. The zero-order chi connectivity index (χ0) is 9.84. The number of nitrogens with two attached hydrogens (primary N) is 1. The molecule has 0 aliphatic heterocycles. The number of primary amides is 1. The summed E-state index contributed by atoms with van der Waals surface area (Å²) in [4.78, 5) is 15.2. The first kappa shape index (κ1) is 9.71. The Kier molecular flexibility index (Phi) is 3.01. The van der Waals surface area contributed by atoms with Gasteiger partial charge in [0.2, 0.25) is 0 Å². The monoisotopic (exact) mass is 178 g/mol. The molecule has 0 bridgehead atoms. The number of rotatable bonds is 3. The summed E-state index contributed by atoms with van der Waals surface area (Å²) in [5, 5.41) is 0. The van der Waals surface area contributed by atoms with Crippen LogP contribution in [-0.4, -0.2) is 10.9 Å². The normalized spacial score (nSPS) is 12.5. The molecule has 2 N–H and O–H groups in total. The second-order valence-electron chi connectivity index (χ2n) is 3.11. The van der Waals surface area contributed by atoms with Crippen molar-refractivity contribution in [2.75, 3.05) is 0 Å². The summed E-state index contributed by atoms with van der Waals surface area (Å²) >= 11 is 0. The standard InChI is InChI=1S/C10H14N2O/c1-3-7(2)9-8(10(11)13)5-4-6-12-9/h4-7H,3H2,1-2H3,(H2,11,13). The predicted molar refractivity (Wildman–Crippen MR) is 51.5 cm³/mol. The Labute approximate surface area is 78.0 Å². The minimum Gasteiger partial charge on any atom is -0.366 e. The van der Waals surface area contributed by atoms with Gasteiger partial charge in [-0.05, 0) is 24.5 Å². The maximum Gasteiger partial charge on any atom is 0.250 e. The van der Waals surface area contributed by atoms with E-state index in [9.17, 15) is 4.79 Å². The number of carbonyl (C=O) groups excluding carboxylic acids is 1. The molecule has 1 aromatic rings. The number of amides is 1. The van der Waals surface area contributed by atoms with Crippen LogP contribution in [0.5, 0.6) is 0 Å². The fourth-order valence-electron chi connectivity index (χ4n) is 1.21.